The van der Waals surface area contributed by atoms with Crippen LogP contribution in [-0.2, 0) is 19.3 Å². The van der Waals surface area contributed by atoms with Crippen molar-refractivity contribution in [1.29, 1.82) is 0 Å². The second-order valence-electron chi connectivity index (χ2n) is 6.28. The monoisotopic (exact) mass is 247 g/mol. The Labute approximate surface area is 110 Å². The largest absolute Gasteiger partial charge is 0.313 e. The molecule has 2 rings (SSSR count). The van der Waals surface area contributed by atoms with Gasteiger partial charge >= 0.3 is 0 Å². The lowest BCUT2D eigenvalue weighted by Crippen LogP contribution is -2.42. The number of likely N-dealkylation sites (N-methyl/N-ethyl adjacent to an activating group) is 1. The average Bonchev–Trinajstić information content (AvgIpc) is 2.76. The molecule has 1 aliphatic rings. The SMILES string of the molecule is CCNC(Cc1ncnc2c1CCC2)C(C)(C)C. The van der Waals surface area contributed by atoms with Gasteiger partial charge in [-0.2, -0.15) is 0 Å². The van der Waals surface area contributed by atoms with Crippen LogP contribution in [0.4, 0.5) is 0 Å². The minimum absolute atomic E-state index is 0.256. The van der Waals surface area contributed by atoms with E-state index in [0.29, 0.717) is 6.04 Å². The summed E-state index contributed by atoms with van der Waals surface area (Å²) < 4.78 is 0. The topological polar surface area (TPSA) is 37.8 Å². The molecule has 1 aromatic heterocycles. The molecule has 0 spiro atoms. The number of hydrogen-bond acceptors (Lipinski definition) is 3. The van der Waals surface area contributed by atoms with Crippen molar-refractivity contribution in [2.75, 3.05) is 6.54 Å². The maximum absolute atomic E-state index is 4.53. The van der Waals surface area contributed by atoms with Crippen molar-refractivity contribution < 1.29 is 0 Å². The van der Waals surface area contributed by atoms with Crippen molar-refractivity contribution in [3.63, 3.8) is 0 Å². The van der Waals surface area contributed by atoms with Crippen LogP contribution in [0.1, 0.15) is 51.1 Å². The van der Waals surface area contributed by atoms with Gasteiger partial charge in [-0.1, -0.05) is 27.7 Å². The highest BCUT2D eigenvalue weighted by Crippen LogP contribution is 2.27. The molecular weight excluding hydrogens is 222 g/mol. The summed E-state index contributed by atoms with van der Waals surface area (Å²) in [5.41, 5.74) is 4.22. The molecule has 1 aromatic rings. The summed E-state index contributed by atoms with van der Waals surface area (Å²) >= 11 is 0. The molecule has 0 radical (unpaired) electrons. The van der Waals surface area contributed by atoms with Gasteiger partial charge in [0.2, 0.25) is 0 Å². The van der Waals surface area contributed by atoms with Crippen LogP contribution >= 0.6 is 0 Å². The van der Waals surface area contributed by atoms with Gasteiger partial charge in [-0.25, -0.2) is 9.97 Å². The molecule has 1 unspecified atom stereocenters. The maximum Gasteiger partial charge on any atom is 0.115 e. The van der Waals surface area contributed by atoms with Crippen molar-refractivity contribution in [1.82, 2.24) is 15.3 Å². The Bertz CT molecular complexity index is 407. The number of rotatable bonds is 4. The minimum atomic E-state index is 0.256. The second kappa shape index (κ2) is 5.35. The molecule has 3 heteroatoms. The molecule has 0 amide bonds. The smallest absolute Gasteiger partial charge is 0.115 e. The first kappa shape index (κ1) is 13.5. The van der Waals surface area contributed by atoms with Crippen LogP contribution in [0.3, 0.4) is 0 Å². The van der Waals surface area contributed by atoms with E-state index in [1.165, 1.54) is 23.4 Å². The summed E-state index contributed by atoms with van der Waals surface area (Å²) in [6, 6.07) is 0.474. The van der Waals surface area contributed by atoms with E-state index in [9.17, 15) is 0 Å². The van der Waals surface area contributed by atoms with Gasteiger partial charge in [-0.15, -0.1) is 0 Å². The summed E-state index contributed by atoms with van der Waals surface area (Å²) in [6.07, 6.45) is 6.29. The van der Waals surface area contributed by atoms with E-state index in [1.807, 2.05) is 0 Å². The molecule has 0 saturated heterocycles. The van der Waals surface area contributed by atoms with E-state index in [2.05, 4.69) is 43.0 Å². The van der Waals surface area contributed by atoms with Crippen LogP contribution < -0.4 is 5.32 Å². The predicted molar refractivity (Wildman–Crippen MR) is 74.7 cm³/mol. The quantitative estimate of drug-likeness (QED) is 0.888. The number of nitrogens with zero attached hydrogens (tertiary/aromatic N) is 2. The van der Waals surface area contributed by atoms with Gasteiger partial charge < -0.3 is 5.32 Å². The van der Waals surface area contributed by atoms with Crippen LogP contribution in [-0.4, -0.2) is 22.6 Å². The van der Waals surface area contributed by atoms with Gasteiger partial charge in [0.1, 0.15) is 6.33 Å². The summed E-state index contributed by atoms with van der Waals surface area (Å²) in [4.78, 5) is 8.94. The number of hydrogen-bond donors (Lipinski definition) is 1. The molecule has 1 N–H and O–H groups in total. The van der Waals surface area contributed by atoms with Crippen LogP contribution in [0.2, 0.25) is 0 Å². The zero-order valence-corrected chi connectivity index (χ0v) is 12.1. The Morgan fingerprint density at radius 2 is 2.06 bits per heavy atom. The molecule has 3 nitrogen and oxygen atoms in total. The summed E-state index contributed by atoms with van der Waals surface area (Å²) in [7, 11) is 0. The predicted octanol–water partition coefficient (Wildman–Crippen LogP) is 2.53. The molecule has 100 valence electrons. The van der Waals surface area contributed by atoms with E-state index in [0.717, 1.165) is 25.8 Å². The standard InChI is InChI=1S/C15H25N3/c1-5-16-14(15(2,3)4)9-13-11-7-6-8-12(11)17-10-18-13/h10,14,16H,5-9H2,1-4H3. The van der Waals surface area contributed by atoms with Gasteiger partial charge in [-0.3, -0.25) is 0 Å². The lowest BCUT2D eigenvalue weighted by molar-refractivity contribution is 0.268. The molecule has 1 heterocycles. The molecule has 0 aromatic carbocycles. The first-order chi connectivity index (χ1) is 8.52. The number of nitrogens with one attached hydrogen (secondary N) is 1. The van der Waals surface area contributed by atoms with Gasteiger partial charge in [0, 0.05) is 23.9 Å². The van der Waals surface area contributed by atoms with Crippen molar-refractivity contribution in [3.05, 3.63) is 23.3 Å². The van der Waals surface area contributed by atoms with Gasteiger partial charge in [0.15, 0.2) is 0 Å². The lowest BCUT2D eigenvalue weighted by Gasteiger charge is -2.31. The molecule has 1 aliphatic carbocycles. The number of aromatic nitrogens is 2. The Morgan fingerprint density at radius 3 is 2.72 bits per heavy atom. The molecule has 0 fully saturated rings. The van der Waals surface area contributed by atoms with Gasteiger partial charge in [-0.05, 0) is 36.8 Å². The highest BCUT2D eigenvalue weighted by Gasteiger charge is 2.26. The van der Waals surface area contributed by atoms with Gasteiger partial charge in [0.05, 0.1) is 0 Å². The summed E-state index contributed by atoms with van der Waals surface area (Å²) in [5.74, 6) is 0. The third-order valence-electron chi connectivity index (χ3n) is 3.86. The Balaban J connectivity index is 2.19. The van der Waals surface area contributed by atoms with E-state index in [4.69, 9.17) is 0 Å². The zero-order chi connectivity index (χ0) is 13.2. The van der Waals surface area contributed by atoms with Gasteiger partial charge in [0.25, 0.3) is 0 Å². The third-order valence-corrected chi connectivity index (χ3v) is 3.86. The minimum Gasteiger partial charge on any atom is -0.313 e. The fraction of sp³-hybridized carbons (Fsp3) is 0.733. The Kier molecular flexibility index (Phi) is 4.00. The maximum atomic E-state index is 4.53. The first-order valence-electron chi connectivity index (χ1n) is 7.07. The Hall–Kier alpha value is -0.960. The normalized spacial score (nSPS) is 16.7. The second-order valence-corrected chi connectivity index (χ2v) is 6.28. The molecule has 1 atom stereocenters. The molecule has 18 heavy (non-hydrogen) atoms. The molecule has 0 bridgehead atoms. The fourth-order valence-corrected chi connectivity index (χ4v) is 2.73. The average molecular weight is 247 g/mol. The number of fused-ring (bicyclic) bond motifs is 1. The highest BCUT2D eigenvalue weighted by molar-refractivity contribution is 5.29. The van der Waals surface area contributed by atoms with Crippen LogP contribution in [0.15, 0.2) is 6.33 Å². The lowest BCUT2D eigenvalue weighted by atomic mass is 9.83. The van der Waals surface area contributed by atoms with E-state index in [1.54, 1.807) is 6.33 Å². The van der Waals surface area contributed by atoms with E-state index >= 15 is 0 Å². The van der Waals surface area contributed by atoms with Crippen molar-refractivity contribution in [2.24, 2.45) is 5.41 Å². The van der Waals surface area contributed by atoms with Crippen LogP contribution in [0.25, 0.3) is 0 Å². The van der Waals surface area contributed by atoms with Crippen molar-refractivity contribution in [3.8, 4) is 0 Å². The summed E-state index contributed by atoms with van der Waals surface area (Å²) in [5, 5.41) is 3.60. The molecule has 0 aliphatic heterocycles. The fourth-order valence-electron chi connectivity index (χ4n) is 2.73. The van der Waals surface area contributed by atoms with Crippen molar-refractivity contribution in [2.45, 2.75) is 59.4 Å². The van der Waals surface area contributed by atoms with Crippen LogP contribution in [0, 0.1) is 5.41 Å². The highest BCUT2D eigenvalue weighted by atomic mass is 14.9. The van der Waals surface area contributed by atoms with E-state index in [-0.39, 0.29) is 5.41 Å². The first-order valence-corrected chi connectivity index (χ1v) is 7.07. The third kappa shape index (κ3) is 2.89. The van der Waals surface area contributed by atoms with E-state index < -0.39 is 0 Å². The van der Waals surface area contributed by atoms with Crippen molar-refractivity contribution >= 4 is 0 Å². The number of aryl methyl sites for hydroxylation is 1. The van der Waals surface area contributed by atoms with Crippen LogP contribution in [0.5, 0.6) is 0 Å². The molecule has 0 saturated carbocycles. The summed E-state index contributed by atoms with van der Waals surface area (Å²) in [6.45, 7) is 10.1. The zero-order valence-electron chi connectivity index (χ0n) is 12.1. The molecular formula is C15H25N3. The Morgan fingerprint density at radius 1 is 1.28 bits per heavy atom.